The summed E-state index contributed by atoms with van der Waals surface area (Å²) in [7, 11) is 0. The van der Waals surface area contributed by atoms with Gasteiger partial charge < -0.3 is 9.84 Å². The van der Waals surface area contributed by atoms with Crippen LogP contribution in [0, 0.1) is 12.8 Å². The van der Waals surface area contributed by atoms with Gasteiger partial charge in [0.05, 0.1) is 6.04 Å². The molecule has 0 saturated carbocycles. The molecule has 1 saturated heterocycles. The van der Waals surface area contributed by atoms with Crippen molar-refractivity contribution in [3.8, 4) is 11.5 Å². The third-order valence-corrected chi connectivity index (χ3v) is 6.48. The highest BCUT2D eigenvalue weighted by atomic mass is 32.1. The Bertz CT molecular complexity index is 928. The van der Waals surface area contributed by atoms with Crippen LogP contribution in [-0.2, 0) is 0 Å². The van der Waals surface area contributed by atoms with Gasteiger partial charge in [0.25, 0.3) is 11.8 Å². The molecule has 0 bridgehead atoms. The van der Waals surface area contributed by atoms with Gasteiger partial charge in [0, 0.05) is 22.5 Å². The molecular weight excluding hydrogens is 384 g/mol. The molecule has 1 N–H and O–H groups in total. The average Bonchev–Trinajstić information content (AvgIpc) is 3.41. The first-order valence-electron chi connectivity index (χ1n) is 10.1. The molecule has 1 aliphatic heterocycles. The molecule has 0 spiro atoms. The molecule has 3 aromatic rings. The quantitative estimate of drug-likeness (QED) is 0.656. The Morgan fingerprint density at radius 3 is 2.66 bits per heavy atom. The third-order valence-electron chi connectivity index (χ3n) is 5.51. The first kappa shape index (κ1) is 19.8. The maximum atomic E-state index is 12.7. The van der Waals surface area contributed by atoms with Gasteiger partial charge in [-0.3, -0.25) is 9.69 Å². The molecule has 1 aliphatic rings. The normalized spacial score (nSPS) is 16.6. The summed E-state index contributed by atoms with van der Waals surface area (Å²) in [4.78, 5) is 20.8. The molecule has 3 heterocycles. The number of aromatic nitrogens is 2. The van der Waals surface area contributed by atoms with E-state index in [-0.39, 0.29) is 11.9 Å². The number of benzene rings is 1. The Hall–Kier alpha value is -2.51. The van der Waals surface area contributed by atoms with E-state index in [1.54, 1.807) is 30.4 Å². The lowest BCUT2D eigenvalue weighted by Gasteiger charge is -2.36. The molecule has 152 valence electrons. The van der Waals surface area contributed by atoms with Crippen LogP contribution in [0.15, 0.2) is 46.3 Å². The molecule has 4 rings (SSSR count). The van der Waals surface area contributed by atoms with E-state index in [2.05, 4.69) is 44.8 Å². The lowest BCUT2D eigenvalue weighted by Crippen LogP contribution is -2.41. The zero-order chi connectivity index (χ0) is 20.2. The van der Waals surface area contributed by atoms with Crippen LogP contribution in [0.3, 0.4) is 0 Å². The fourth-order valence-electron chi connectivity index (χ4n) is 3.70. The van der Waals surface area contributed by atoms with E-state index < -0.39 is 0 Å². The summed E-state index contributed by atoms with van der Waals surface area (Å²) >= 11 is 1.76. The SMILES string of the molecule is Cc1noc(-c2ccc(C(=O)NC[C@H](c3cccs3)N3CCC(C)CC3)cc2)n1. The zero-order valence-electron chi connectivity index (χ0n) is 16.8. The van der Waals surface area contributed by atoms with Crippen molar-refractivity contribution < 1.29 is 9.32 Å². The van der Waals surface area contributed by atoms with E-state index in [1.165, 1.54) is 17.7 Å². The molecule has 2 aromatic heterocycles. The van der Waals surface area contributed by atoms with E-state index in [4.69, 9.17) is 4.52 Å². The van der Waals surface area contributed by atoms with Crippen LogP contribution in [0.5, 0.6) is 0 Å². The van der Waals surface area contributed by atoms with Gasteiger partial charge in [-0.25, -0.2) is 0 Å². The number of thiophene rings is 1. The fraction of sp³-hybridized carbons (Fsp3) is 0.409. The number of nitrogens with zero attached hydrogens (tertiary/aromatic N) is 3. The molecule has 1 atom stereocenters. The number of nitrogens with one attached hydrogen (secondary N) is 1. The van der Waals surface area contributed by atoms with Crippen LogP contribution in [-0.4, -0.2) is 40.6 Å². The van der Waals surface area contributed by atoms with Gasteiger partial charge in [-0.15, -0.1) is 11.3 Å². The van der Waals surface area contributed by atoms with E-state index in [1.807, 2.05) is 12.1 Å². The van der Waals surface area contributed by atoms with Gasteiger partial charge in [0.1, 0.15) is 0 Å². The second-order valence-electron chi connectivity index (χ2n) is 7.68. The lowest BCUT2D eigenvalue weighted by atomic mass is 9.97. The molecule has 0 unspecified atom stereocenters. The van der Waals surface area contributed by atoms with Crippen LogP contribution >= 0.6 is 11.3 Å². The molecule has 0 radical (unpaired) electrons. The average molecular weight is 411 g/mol. The number of likely N-dealkylation sites (tertiary alicyclic amines) is 1. The minimum absolute atomic E-state index is 0.0646. The van der Waals surface area contributed by atoms with Gasteiger partial charge in [-0.2, -0.15) is 4.98 Å². The van der Waals surface area contributed by atoms with Gasteiger partial charge in [0.15, 0.2) is 5.82 Å². The smallest absolute Gasteiger partial charge is 0.257 e. The highest BCUT2D eigenvalue weighted by Crippen LogP contribution is 2.29. The molecule has 1 aromatic carbocycles. The van der Waals surface area contributed by atoms with Crippen LogP contribution in [0.2, 0.25) is 0 Å². The Labute approximate surface area is 174 Å². The Balaban J connectivity index is 1.41. The fourth-order valence-corrected chi connectivity index (χ4v) is 4.56. The van der Waals surface area contributed by atoms with Crippen LogP contribution in [0.25, 0.3) is 11.5 Å². The second-order valence-corrected chi connectivity index (χ2v) is 8.66. The van der Waals surface area contributed by atoms with Crippen molar-refractivity contribution in [1.82, 2.24) is 20.4 Å². The predicted molar refractivity (Wildman–Crippen MR) is 114 cm³/mol. The third kappa shape index (κ3) is 4.74. The number of amides is 1. The van der Waals surface area contributed by atoms with Crippen molar-refractivity contribution in [2.24, 2.45) is 5.92 Å². The standard InChI is InChI=1S/C22H26N4O2S/c1-15-9-11-26(12-10-15)19(20-4-3-13-29-20)14-23-21(27)17-5-7-18(8-6-17)22-24-16(2)25-28-22/h3-8,13,15,19H,9-12,14H2,1-2H3,(H,23,27)/t19-/m1/s1. The molecule has 1 amide bonds. The van der Waals surface area contributed by atoms with Crippen molar-refractivity contribution in [3.63, 3.8) is 0 Å². The number of rotatable bonds is 6. The summed E-state index contributed by atoms with van der Waals surface area (Å²) in [6.45, 7) is 6.87. The van der Waals surface area contributed by atoms with E-state index >= 15 is 0 Å². The summed E-state index contributed by atoms with van der Waals surface area (Å²) in [5.41, 5.74) is 1.43. The zero-order valence-corrected chi connectivity index (χ0v) is 17.6. The summed E-state index contributed by atoms with van der Waals surface area (Å²) < 4.78 is 5.18. The molecule has 0 aliphatic carbocycles. The van der Waals surface area contributed by atoms with Crippen molar-refractivity contribution in [2.45, 2.75) is 32.7 Å². The van der Waals surface area contributed by atoms with Crippen molar-refractivity contribution in [2.75, 3.05) is 19.6 Å². The second kappa shape index (κ2) is 8.88. The first-order valence-corrected chi connectivity index (χ1v) is 10.9. The molecule has 1 fully saturated rings. The number of hydrogen-bond donors (Lipinski definition) is 1. The highest BCUT2D eigenvalue weighted by Gasteiger charge is 2.25. The topological polar surface area (TPSA) is 71.3 Å². The minimum atomic E-state index is -0.0646. The molecule has 29 heavy (non-hydrogen) atoms. The predicted octanol–water partition coefficient (Wildman–Crippen LogP) is 4.31. The number of carbonyl (C=O) groups excluding carboxylic acids is 1. The van der Waals surface area contributed by atoms with E-state index in [9.17, 15) is 4.79 Å². The summed E-state index contributed by atoms with van der Waals surface area (Å²) in [6.07, 6.45) is 2.43. The summed E-state index contributed by atoms with van der Waals surface area (Å²) in [5, 5.41) is 9.04. The number of carbonyl (C=O) groups is 1. The highest BCUT2D eigenvalue weighted by molar-refractivity contribution is 7.10. The van der Waals surface area contributed by atoms with Gasteiger partial charge in [0.2, 0.25) is 0 Å². The van der Waals surface area contributed by atoms with E-state index in [0.29, 0.717) is 23.8 Å². The van der Waals surface area contributed by atoms with Gasteiger partial charge >= 0.3 is 0 Å². The molecular formula is C22H26N4O2S. The lowest BCUT2D eigenvalue weighted by molar-refractivity contribution is 0.0915. The van der Waals surface area contributed by atoms with E-state index in [0.717, 1.165) is 24.6 Å². The van der Waals surface area contributed by atoms with Gasteiger partial charge in [-0.1, -0.05) is 18.1 Å². The number of hydrogen-bond acceptors (Lipinski definition) is 6. The Kier molecular flexibility index (Phi) is 6.06. The summed E-state index contributed by atoms with van der Waals surface area (Å²) in [6, 6.07) is 11.8. The van der Waals surface area contributed by atoms with Crippen LogP contribution in [0.4, 0.5) is 0 Å². The van der Waals surface area contributed by atoms with Gasteiger partial charge in [-0.05, 0) is 74.5 Å². The van der Waals surface area contributed by atoms with Crippen molar-refractivity contribution in [3.05, 3.63) is 58.0 Å². The molecule has 6 nitrogen and oxygen atoms in total. The van der Waals surface area contributed by atoms with Crippen molar-refractivity contribution in [1.29, 1.82) is 0 Å². The maximum Gasteiger partial charge on any atom is 0.257 e. The first-order chi connectivity index (χ1) is 14.1. The molecule has 7 heteroatoms. The van der Waals surface area contributed by atoms with Crippen LogP contribution in [0.1, 0.15) is 46.9 Å². The van der Waals surface area contributed by atoms with Crippen molar-refractivity contribution >= 4 is 17.2 Å². The monoisotopic (exact) mass is 410 g/mol. The number of piperidine rings is 1. The minimum Gasteiger partial charge on any atom is -0.350 e. The Morgan fingerprint density at radius 2 is 2.03 bits per heavy atom. The number of aryl methyl sites for hydroxylation is 1. The Morgan fingerprint density at radius 1 is 1.28 bits per heavy atom. The van der Waals surface area contributed by atoms with Crippen LogP contribution < -0.4 is 5.32 Å². The maximum absolute atomic E-state index is 12.7. The summed E-state index contributed by atoms with van der Waals surface area (Å²) in [5.74, 6) is 1.77. The largest absolute Gasteiger partial charge is 0.350 e.